The number of ether oxygens (including phenoxy) is 1. The fourth-order valence-electron chi connectivity index (χ4n) is 6.55. The van der Waals surface area contributed by atoms with Crippen molar-refractivity contribution in [1.82, 2.24) is 14.8 Å². The summed E-state index contributed by atoms with van der Waals surface area (Å²) in [7, 11) is 1.64. The lowest BCUT2D eigenvalue weighted by molar-refractivity contribution is -0.136. The van der Waals surface area contributed by atoms with Gasteiger partial charge in [-0.1, -0.05) is 85.8 Å². The number of rotatable bonds is 6. The van der Waals surface area contributed by atoms with E-state index in [0.29, 0.717) is 18.8 Å². The van der Waals surface area contributed by atoms with E-state index in [2.05, 4.69) is 24.4 Å². The molecule has 0 saturated heterocycles. The number of methoxy groups -OCH3 is 1. The van der Waals surface area contributed by atoms with Gasteiger partial charge in [0.05, 0.1) is 19.2 Å². The van der Waals surface area contributed by atoms with Gasteiger partial charge in [-0.2, -0.15) is 0 Å². The molecule has 4 aromatic rings. The second-order valence-electron chi connectivity index (χ2n) is 11.3. The molecule has 2 aliphatic rings. The van der Waals surface area contributed by atoms with Crippen LogP contribution in [0.2, 0.25) is 0 Å². The highest BCUT2D eigenvalue weighted by Crippen LogP contribution is 2.41. The number of hydrogen-bond donors (Lipinski definition) is 1. The molecule has 2 amide bonds. The number of fused-ring (bicyclic) bond motifs is 3. The Hall–Kier alpha value is -4.06. The number of hydrogen-bond acceptors (Lipinski definition) is 3. The van der Waals surface area contributed by atoms with Crippen LogP contribution < -0.4 is 10.1 Å². The van der Waals surface area contributed by atoms with Crippen LogP contribution in [0.15, 0.2) is 78.9 Å². The largest absolute Gasteiger partial charge is 0.497 e. The van der Waals surface area contributed by atoms with Gasteiger partial charge in [0.2, 0.25) is 0 Å². The van der Waals surface area contributed by atoms with Crippen LogP contribution in [0.1, 0.15) is 65.7 Å². The van der Waals surface area contributed by atoms with E-state index in [1.54, 1.807) is 7.11 Å². The van der Waals surface area contributed by atoms with Gasteiger partial charge in [-0.05, 0) is 49.1 Å². The number of nitrogens with one attached hydrogen (secondary N) is 1. The Bertz CT molecular complexity index is 1530. The predicted molar refractivity (Wildman–Crippen MR) is 157 cm³/mol. The molecule has 6 rings (SSSR count). The van der Waals surface area contributed by atoms with Crippen molar-refractivity contribution in [1.29, 1.82) is 0 Å². The second kappa shape index (κ2) is 10.8. The lowest BCUT2D eigenvalue weighted by Gasteiger charge is -2.47. The van der Waals surface area contributed by atoms with Crippen LogP contribution in [0, 0.1) is 6.92 Å². The molecule has 1 aromatic heterocycles. The van der Waals surface area contributed by atoms with E-state index in [0.717, 1.165) is 59.0 Å². The summed E-state index contributed by atoms with van der Waals surface area (Å²) in [4.78, 5) is 31.1. The normalized spacial score (nSPS) is 19.8. The molecule has 3 aromatic carbocycles. The third kappa shape index (κ3) is 4.66. The van der Waals surface area contributed by atoms with Gasteiger partial charge in [0.25, 0.3) is 11.8 Å². The SMILES string of the molecule is COc1ccc2cc3n(c2c1)CC(C(=O)NC1CCCCCC1)(c1ccccc1)N(Cc1cccc(C)c1)C3=O. The highest BCUT2D eigenvalue weighted by molar-refractivity contribution is 6.04. The summed E-state index contributed by atoms with van der Waals surface area (Å²) in [6.07, 6.45) is 6.57. The summed E-state index contributed by atoms with van der Waals surface area (Å²) in [5.74, 6) is 0.459. The van der Waals surface area contributed by atoms with Crippen molar-refractivity contribution < 1.29 is 14.3 Å². The lowest BCUT2D eigenvalue weighted by atomic mass is 9.83. The van der Waals surface area contributed by atoms with E-state index >= 15 is 0 Å². The fourth-order valence-corrected chi connectivity index (χ4v) is 6.55. The van der Waals surface area contributed by atoms with E-state index in [-0.39, 0.29) is 17.9 Å². The van der Waals surface area contributed by atoms with Gasteiger partial charge in [-0.25, -0.2) is 0 Å². The summed E-state index contributed by atoms with van der Waals surface area (Å²) < 4.78 is 7.55. The van der Waals surface area contributed by atoms with Crippen LogP contribution in [0.25, 0.3) is 10.9 Å². The number of nitrogens with zero attached hydrogens (tertiary/aromatic N) is 2. The molecule has 6 nitrogen and oxygen atoms in total. The van der Waals surface area contributed by atoms with Gasteiger partial charge < -0.3 is 19.5 Å². The fraction of sp³-hybridized carbons (Fsp3) is 0.353. The minimum Gasteiger partial charge on any atom is -0.497 e. The molecule has 1 saturated carbocycles. The lowest BCUT2D eigenvalue weighted by Crippen LogP contribution is -2.63. The number of aromatic nitrogens is 1. The van der Waals surface area contributed by atoms with Gasteiger partial charge in [0.1, 0.15) is 11.4 Å². The first-order chi connectivity index (χ1) is 19.5. The predicted octanol–water partition coefficient (Wildman–Crippen LogP) is 6.35. The molecule has 206 valence electrons. The third-order valence-electron chi connectivity index (χ3n) is 8.66. The average molecular weight is 536 g/mol. The highest BCUT2D eigenvalue weighted by atomic mass is 16.5. The first-order valence-corrected chi connectivity index (χ1v) is 14.4. The third-order valence-corrected chi connectivity index (χ3v) is 8.66. The van der Waals surface area contributed by atoms with E-state index in [1.165, 1.54) is 12.8 Å². The molecule has 0 bridgehead atoms. The van der Waals surface area contributed by atoms with Crippen molar-refractivity contribution in [2.24, 2.45) is 0 Å². The van der Waals surface area contributed by atoms with Crippen molar-refractivity contribution in [3.63, 3.8) is 0 Å². The Morgan fingerprint density at radius 1 is 0.950 bits per heavy atom. The number of carbonyl (C=O) groups excluding carboxylic acids is 2. The molecule has 1 unspecified atom stereocenters. The molecule has 1 fully saturated rings. The Balaban J connectivity index is 1.54. The molecular weight excluding hydrogens is 498 g/mol. The van der Waals surface area contributed by atoms with Crippen LogP contribution >= 0.6 is 0 Å². The number of benzene rings is 3. The molecule has 0 spiro atoms. The van der Waals surface area contributed by atoms with E-state index in [9.17, 15) is 9.59 Å². The Morgan fingerprint density at radius 2 is 1.73 bits per heavy atom. The number of carbonyl (C=O) groups is 2. The minimum absolute atomic E-state index is 0.106. The molecule has 0 radical (unpaired) electrons. The monoisotopic (exact) mass is 535 g/mol. The molecule has 1 atom stereocenters. The summed E-state index contributed by atoms with van der Waals surface area (Å²) in [5, 5.41) is 4.39. The van der Waals surface area contributed by atoms with Gasteiger partial charge in [-0.3, -0.25) is 9.59 Å². The highest BCUT2D eigenvalue weighted by Gasteiger charge is 2.52. The van der Waals surface area contributed by atoms with Crippen LogP contribution in [0.4, 0.5) is 0 Å². The Labute approximate surface area is 235 Å². The maximum Gasteiger partial charge on any atom is 0.272 e. The van der Waals surface area contributed by atoms with Crippen molar-refractivity contribution in [3.8, 4) is 5.75 Å². The van der Waals surface area contributed by atoms with Crippen LogP contribution in [0.5, 0.6) is 5.75 Å². The quantitative estimate of drug-likeness (QED) is 0.293. The zero-order valence-corrected chi connectivity index (χ0v) is 23.4. The van der Waals surface area contributed by atoms with Crippen molar-refractivity contribution in [2.45, 2.75) is 70.1 Å². The first-order valence-electron chi connectivity index (χ1n) is 14.4. The zero-order valence-electron chi connectivity index (χ0n) is 23.4. The van der Waals surface area contributed by atoms with Gasteiger partial charge in [0.15, 0.2) is 5.54 Å². The average Bonchev–Trinajstić information content (AvgIpc) is 3.13. The summed E-state index contributed by atoms with van der Waals surface area (Å²) >= 11 is 0. The van der Waals surface area contributed by atoms with Crippen molar-refractivity contribution >= 4 is 22.7 Å². The standard InChI is InChI=1S/C34H37N3O3/c1-24-11-10-12-25(19-24)22-37-32(38)31-20-26-17-18-29(40-2)21-30(26)36(31)23-34(37,27-13-6-5-7-14-27)33(39)35-28-15-8-3-4-9-16-28/h5-7,10-14,17-21,28H,3-4,8-9,15-16,22-23H2,1-2H3,(H,35,39). The molecule has 2 heterocycles. The maximum absolute atomic E-state index is 14.8. The zero-order chi connectivity index (χ0) is 27.7. The minimum atomic E-state index is -1.23. The summed E-state index contributed by atoms with van der Waals surface area (Å²) in [5.41, 5.74) is 3.19. The molecular formula is C34H37N3O3. The smallest absolute Gasteiger partial charge is 0.272 e. The molecule has 1 aliphatic carbocycles. The second-order valence-corrected chi connectivity index (χ2v) is 11.3. The van der Waals surface area contributed by atoms with Crippen LogP contribution in [0.3, 0.4) is 0 Å². The summed E-state index contributed by atoms with van der Waals surface area (Å²) in [6, 6.07) is 25.9. The van der Waals surface area contributed by atoms with E-state index in [1.807, 2.05) is 76.2 Å². The molecule has 1 aliphatic heterocycles. The van der Waals surface area contributed by atoms with Gasteiger partial charge in [0, 0.05) is 24.0 Å². The van der Waals surface area contributed by atoms with Crippen molar-refractivity contribution in [3.05, 3.63) is 101 Å². The van der Waals surface area contributed by atoms with Crippen LogP contribution in [-0.4, -0.2) is 34.4 Å². The van der Waals surface area contributed by atoms with E-state index < -0.39 is 5.54 Å². The topological polar surface area (TPSA) is 63.6 Å². The van der Waals surface area contributed by atoms with Crippen molar-refractivity contribution in [2.75, 3.05) is 7.11 Å². The Morgan fingerprint density at radius 3 is 2.45 bits per heavy atom. The van der Waals surface area contributed by atoms with E-state index in [4.69, 9.17) is 4.74 Å². The van der Waals surface area contributed by atoms with Gasteiger partial charge in [-0.15, -0.1) is 0 Å². The summed E-state index contributed by atoms with van der Waals surface area (Å²) in [6.45, 7) is 2.70. The molecule has 1 N–H and O–H groups in total. The molecule has 6 heteroatoms. The Kier molecular flexibility index (Phi) is 7.09. The number of amides is 2. The van der Waals surface area contributed by atoms with Crippen LogP contribution in [-0.2, 0) is 23.4 Å². The first kappa shape index (κ1) is 26.2. The number of aryl methyl sites for hydroxylation is 1. The maximum atomic E-state index is 14.8. The van der Waals surface area contributed by atoms with Gasteiger partial charge >= 0.3 is 0 Å². The molecule has 40 heavy (non-hydrogen) atoms.